The molecule has 0 saturated carbocycles. The number of carbonyl (C=O) groups excluding carboxylic acids is 1. The van der Waals surface area contributed by atoms with E-state index in [-0.39, 0.29) is 24.5 Å². The second-order valence-corrected chi connectivity index (χ2v) is 9.72. The largest absolute Gasteiger partial charge is 0.491 e. The highest BCUT2D eigenvalue weighted by atomic mass is 19.4. The van der Waals surface area contributed by atoms with Crippen LogP contribution in [0.5, 0.6) is 5.75 Å². The summed E-state index contributed by atoms with van der Waals surface area (Å²) in [7, 11) is 0. The van der Waals surface area contributed by atoms with Crippen LogP contribution in [0.1, 0.15) is 15.9 Å². The fourth-order valence-corrected chi connectivity index (χ4v) is 3.91. The van der Waals surface area contributed by atoms with Crippen molar-refractivity contribution in [1.29, 1.82) is 0 Å². The zero-order valence-corrected chi connectivity index (χ0v) is 26.2. The van der Waals surface area contributed by atoms with E-state index in [9.17, 15) is 18.0 Å². The quantitative estimate of drug-likeness (QED) is 0.0885. The van der Waals surface area contributed by atoms with Gasteiger partial charge in [-0.25, -0.2) is 4.79 Å². The van der Waals surface area contributed by atoms with Gasteiger partial charge in [-0.15, -0.1) is 0 Å². The number of alkyl halides is 3. The number of hydrogen-bond donors (Lipinski definition) is 1. The van der Waals surface area contributed by atoms with Crippen molar-refractivity contribution >= 4 is 17.3 Å². The Morgan fingerprint density at radius 1 is 0.553 bits per heavy atom. The van der Waals surface area contributed by atoms with E-state index >= 15 is 0 Å². The Balaban J connectivity index is 1.08. The van der Waals surface area contributed by atoms with Crippen LogP contribution in [-0.2, 0) is 39.3 Å². The van der Waals surface area contributed by atoms with Gasteiger partial charge in [0.25, 0.3) is 0 Å². The van der Waals surface area contributed by atoms with Crippen LogP contribution in [-0.4, -0.2) is 98.5 Å². The first-order valence-corrected chi connectivity index (χ1v) is 15.3. The summed E-state index contributed by atoms with van der Waals surface area (Å²) in [5.41, 5.74) is -0.0792. The Morgan fingerprint density at radius 3 is 1.60 bits per heavy atom. The van der Waals surface area contributed by atoms with Crippen molar-refractivity contribution in [2.45, 2.75) is 6.18 Å². The first-order valence-electron chi connectivity index (χ1n) is 15.3. The van der Waals surface area contributed by atoms with Gasteiger partial charge in [0.05, 0.1) is 96.1 Å². The van der Waals surface area contributed by atoms with E-state index in [1.54, 1.807) is 18.2 Å². The van der Waals surface area contributed by atoms with E-state index in [0.717, 1.165) is 17.9 Å². The molecule has 0 aromatic heterocycles. The first kappa shape index (κ1) is 37.7. The lowest BCUT2D eigenvalue weighted by molar-refractivity contribution is -0.137. The minimum Gasteiger partial charge on any atom is -0.491 e. The Bertz CT molecular complexity index is 1260. The third-order valence-electron chi connectivity index (χ3n) is 6.18. The number of halogens is 3. The zero-order chi connectivity index (χ0) is 33.4. The second kappa shape index (κ2) is 22.7. The molecular weight excluding hydrogens is 623 g/mol. The standard InChI is InChI=1S/C34H42F3NO9/c35-34(36,37)28-7-6-8-29(27-28)38-32-12-5-4-11-31(32)33(39)47-26-24-45-22-20-43-18-16-41-14-13-40-15-17-42-19-21-44-23-25-46-30-9-2-1-3-10-30/h1-12,27,38H,13-26H2. The van der Waals surface area contributed by atoms with E-state index in [0.29, 0.717) is 85.0 Å². The van der Waals surface area contributed by atoms with E-state index in [4.69, 9.17) is 37.9 Å². The lowest BCUT2D eigenvalue weighted by Crippen LogP contribution is -2.15. The molecule has 3 aromatic carbocycles. The van der Waals surface area contributed by atoms with Crippen LogP contribution in [0.25, 0.3) is 0 Å². The topological polar surface area (TPSA) is 103 Å². The number of ether oxygens (including phenoxy) is 8. The van der Waals surface area contributed by atoms with Crippen molar-refractivity contribution in [3.8, 4) is 5.75 Å². The third-order valence-corrected chi connectivity index (χ3v) is 6.18. The Kier molecular flexibility index (Phi) is 18.3. The predicted molar refractivity (Wildman–Crippen MR) is 168 cm³/mol. The molecular formula is C34H42F3NO9. The molecule has 0 aliphatic heterocycles. The number of benzene rings is 3. The van der Waals surface area contributed by atoms with Crippen LogP contribution in [0.4, 0.5) is 24.5 Å². The molecule has 0 unspecified atom stereocenters. The van der Waals surface area contributed by atoms with Crippen LogP contribution >= 0.6 is 0 Å². The maximum absolute atomic E-state index is 13.0. The van der Waals surface area contributed by atoms with Crippen molar-refractivity contribution in [1.82, 2.24) is 0 Å². The van der Waals surface area contributed by atoms with E-state index < -0.39 is 17.7 Å². The molecule has 0 saturated heterocycles. The molecule has 0 spiro atoms. The van der Waals surface area contributed by atoms with Gasteiger partial charge in [0, 0.05) is 5.69 Å². The minimum atomic E-state index is -4.47. The first-order chi connectivity index (χ1) is 22.9. The molecule has 1 N–H and O–H groups in total. The van der Waals surface area contributed by atoms with Crippen molar-refractivity contribution in [3.63, 3.8) is 0 Å². The fraction of sp³-hybridized carbons (Fsp3) is 0.441. The number of carbonyl (C=O) groups is 1. The van der Waals surface area contributed by atoms with Crippen LogP contribution < -0.4 is 10.1 Å². The van der Waals surface area contributed by atoms with Crippen molar-refractivity contribution < 1.29 is 55.9 Å². The van der Waals surface area contributed by atoms with Crippen LogP contribution in [0, 0.1) is 0 Å². The summed E-state index contributed by atoms with van der Waals surface area (Å²) in [6.07, 6.45) is -4.47. The highest BCUT2D eigenvalue weighted by Gasteiger charge is 2.30. The van der Waals surface area contributed by atoms with E-state index in [1.807, 2.05) is 30.3 Å². The van der Waals surface area contributed by atoms with Gasteiger partial charge in [0.2, 0.25) is 0 Å². The molecule has 10 nitrogen and oxygen atoms in total. The molecule has 0 bridgehead atoms. The summed E-state index contributed by atoms with van der Waals surface area (Å²) in [5.74, 6) is 0.195. The molecule has 0 fully saturated rings. The van der Waals surface area contributed by atoms with Crippen LogP contribution in [0.3, 0.4) is 0 Å². The molecule has 0 radical (unpaired) electrons. The van der Waals surface area contributed by atoms with E-state index in [2.05, 4.69) is 5.32 Å². The van der Waals surface area contributed by atoms with Crippen LogP contribution in [0.2, 0.25) is 0 Å². The van der Waals surface area contributed by atoms with E-state index in [1.165, 1.54) is 18.2 Å². The lowest BCUT2D eigenvalue weighted by Gasteiger charge is -2.13. The summed E-state index contributed by atoms with van der Waals surface area (Å²) < 4.78 is 82.6. The summed E-state index contributed by atoms with van der Waals surface area (Å²) >= 11 is 0. The highest BCUT2D eigenvalue weighted by molar-refractivity contribution is 5.96. The van der Waals surface area contributed by atoms with Gasteiger partial charge in [-0.3, -0.25) is 0 Å². The number of anilines is 2. The SMILES string of the molecule is O=C(OCCOCCOCCOCCOCCOCCOCCOc1ccccc1)c1ccccc1Nc1cccc(C(F)(F)F)c1. The maximum Gasteiger partial charge on any atom is 0.416 e. The molecule has 47 heavy (non-hydrogen) atoms. The van der Waals surface area contributed by atoms with Crippen LogP contribution in [0.15, 0.2) is 78.9 Å². The molecule has 0 atom stereocenters. The number of rotatable bonds is 25. The monoisotopic (exact) mass is 665 g/mol. The molecule has 258 valence electrons. The van der Waals surface area contributed by atoms with Gasteiger partial charge >= 0.3 is 12.1 Å². The third kappa shape index (κ3) is 16.6. The molecule has 3 rings (SSSR count). The summed E-state index contributed by atoms with van der Waals surface area (Å²) in [6.45, 7) is 5.41. The molecule has 0 aliphatic carbocycles. The predicted octanol–water partition coefficient (Wildman–Crippen LogP) is 5.78. The second-order valence-electron chi connectivity index (χ2n) is 9.72. The smallest absolute Gasteiger partial charge is 0.416 e. The van der Waals surface area contributed by atoms with Gasteiger partial charge < -0.3 is 43.2 Å². The molecule has 0 aliphatic rings. The zero-order valence-electron chi connectivity index (χ0n) is 26.2. The molecule has 0 amide bonds. The van der Waals surface area contributed by atoms with Gasteiger partial charge in [-0.2, -0.15) is 13.2 Å². The van der Waals surface area contributed by atoms with Gasteiger partial charge in [-0.05, 0) is 42.5 Å². The Hall–Kier alpha value is -3.72. The number of nitrogens with one attached hydrogen (secondary N) is 1. The summed E-state index contributed by atoms with van der Waals surface area (Å²) in [4.78, 5) is 12.6. The van der Waals surface area contributed by atoms with Gasteiger partial charge in [-0.1, -0.05) is 36.4 Å². The molecule has 13 heteroatoms. The Labute approximate surface area is 273 Å². The fourth-order valence-electron chi connectivity index (χ4n) is 3.91. The normalized spacial score (nSPS) is 11.4. The minimum absolute atomic E-state index is 0.00325. The molecule has 0 heterocycles. The number of esters is 1. The number of para-hydroxylation sites is 2. The summed E-state index contributed by atoms with van der Waals surface area (Å²) in [6, 6.07) is 20.7. The van der Waals surface area contributed by atoms with Crippen molar-refractivity contribution in [3.05, 3.63) is 90.0 Å². The molecule has 3 aromatic rings. The van der Waals surface area contributed by atoms with Crippen molar-refractivity contribution in [2.75, 3.05) is 97.8 Å². The highest BCUT2D eigenvalue weighted by Crippen LogP contribution is 2.32. The summed E-state index contributed by atoms with van der Waals surface area (Å²) in [5, 5.41) is 2.86. The average molecular weight is 666 g/mol. The Morgan fingerprint density at radius 2 is 1.04 bits per heavy atom. The van der Waals surface area contributed by atoms with Gasteiger partial charge in [0.15, 0.2) is 0 Å². The maximum atomic E-state index is 13.0. The van der Waals surface area contributed by atoms with Gasteiger partial charge in [0.1, 0.15) is 19.0 Å². The average Bonchev–Trinajstić information content (AvgIpc) is 3.07. The number of hydrogen-bond acceptors (Lipinski definition) is 10. The lowest BCUT2D eigenvalue weighted by atomic mass is 10.1. The van der Waals surface area contributed by atoms with Crippen molar-refractivity contribution in [2.24, 2.45) is 0 Å².